The molecule has 2 rings (SSSR count). The molecule has 0 aliphatic carbocycles. The summed E-state index contributed by atoms with van der Waals surface area (Å²) < 4.78 is 0. The van der Waals surface area contributed by atoms with Crippen LogP contribution in [0.3, 0.4) is 0 Å². The van der Waals surface area contributed by atoms with Crippen molar-refractivity contribution in [3.05, 3.63) is 23.9 Å². The fourth-order valence-corrected chi connectivity index (χ4v) is 2.41. The van der Waals surface area contributed by atoms with Crippen molar-refractivity contribution >= 4 is 36.5 Å². The topological polar surface area (TPSA) is 66.0 Å². The molecular weight excluding hydrogens is 323 g/mol. The Bertz CT molecular complexity index is 471. The van der Waals surface area contributed by atoms with Gasteiger partial charge in [0.2, 0.25) is 0 Å². The van der Waals surface area contributed by atoms with E-state index in [1.807, 2.05) is 19.9 Å². The fraction of sp³-hybridized carbons (Fsp3) is 0.600. The molecule has 0 aromatic carbocycles. The minimum absolute atomic E-state index is 0. The number of carbonyl (C=O) groups excluding carboxylic acids is 1. The van der Waals surface area contributed by atoms with E-state index in [4.69, 9.17) is 0 Å². The smallest absolute Gasteiger partial charge is 0.255 e. The van der Waals surface area contributed by atoms with Gasteiger partial charge in [0.1, 0.15) is 5.82 Å². The fourth-order valence-electron chi connectivity index (χ4n) is 2.41. The maximum atomic E-state index is 12.4. The molecule has 2 heterocycles. The number of aromatic nitrogens is 1. The van der Waals surface area contributed by atoms with E-state index in [0.717, 1.165) is 19.5 Å². The number of nitrogens with zero attached hydrogens (tertiary/aromatic N) is 1. The molecular formula is C15H26Cl2N4O. The van der Waals surface area contributed by atoms with Gasteiger partial charge in [-0.1, -0.05) is 6.92 Å². The van der Waals surface area contributed by atoms with E-state index in [0.29, 0.717) is 17.3 Å². The van der Waals surface area contributed by atoms with Crippen LogP contribution in [0.15, 0.2) is 18.3 Å². The number of pyridine rings is 1. The minimum atomic E-state index is -0.0539. The number of anilines is 1. The predicted molar refractivity (Wildman–Crippen MR) is 95.4 cm³/mol. The molecule has 1 fully saturated rings. The van der Waals surface area contributed by atoms with Crippen LogP contribution in [0.25, 0.3) is 0 Å². The Kier molecular flexibility index (Phi) is 9.41. The number of halogens is 2. The van der Waals surface area contributed by atoms with Gasteiger partial charge in [-0.25, -0.2) is 4.98 Å². The monoisotopic (exact) mass is 348 g/mol. The Morgan fingerprint density at radius 3 is 2.77 bits per heavy atom. The highest BCUT2D eigenvalue weighted by molar-refractivity contribution is 5.98. The number of nitrogens with one attached hydrogen (secondary N) is 3. The van der Waals surface area contributed by atoms with Gasteiger partial charge in [0.05, 0.1) is 5.56 Å². The lowest BCUT2D eigenvalue weighted by atomic mass is 9.94. The first-order chi connectivity index (χ1) is 9.58. The van der Waals surface area contributed by atoms with Crippen molar-refractivity contribution in [3.8, 4) is 0 Å². The van der Waals surface area contributed by atoms with Crippen molar-refractivity contribution in [2.45, 2.75) is 39.3 Å². The zero-order valence-corrected chi connectivity index (χ0v) is 14.9. The van der Waals surface area contributed by atoms with Crippen molar-refractivity contribution in [1.29, 1.82) is 0 Å². The molecule has 1 aromatic heterocycles. The van der Waals surface area contributed by atoms with Crippen molar-refractivity contribution in [2.75, 3.05) is 18.4 Å². The first kappa shape index (κ1) is 21.0. The van der Waals surface area contributed by atoms with E-state index in [1.165, 1.54) is 0 Å². The number of hydrogen-bond acceptors (Lipinski definition) is 4. The molecule has 1 aliphatic rings. The van der Waals surface area contributed by atoms with Crippen LogP contribution in [-0.4, -0.2) is 36.1 Å². The molecule has 0 saturated carbocycles. The molecule has 1 amide bonds. The van der Waals surface area contributed by atoms with E-state index in [1.54, 1.807) is 12.3 Å². The number of piperidine rings is 1. The lowest BCUT2D eigenvalue weighted by Gasteiger charge is -2.30. The number of hydrogen-bond donors (Lipinski definition) is 3. The SMILES string of the molecule is CC(C)Nc1ncccc1C(=O)NC1CNCCC1C.Cl.Cl. The Balaban J connectivity index is 0.00000220. The molecule has 3 N–H and O–H groups in total. The third kappa shape index (κ3) is 5.63. The van der Waals surface area contributed by atoms with E-state index >= 15 is 0 Å². The van der Waals surface area contributed by atoms with Crippen LogP contribution in [0.4, 0.5) is 5.82 Å². The highest BCUT2D eigenvalue weighted by atomic mass is 35.5. The van der Waals surface area contributed by atoms with Gasteiger partial charge < -0.3 is 16.0 Å². The minimum Gasteiger partial charge on any atom is -0.367 e. The van der Waals surface area contributed by atoms with Gasteiger partial charge >= 0.3 is 0 Å². The van der Waals surface area contributed by atoms with Gasteiger partial charge in [0.15, 0.2) is 0 Å². The molecule has 1 aromatic rings. The highest BCUT2D eigenvalue weighted by Gasteiger charge is 2.24. The normalized spacial score (nSPS) is 20.5. The zero-order valence-electron chi connectivity index (χ0n) is 13.3. The molecule has 7 heteroatoms. The second-order valence-corrected chi connectivity index (χ2v) is 5.75. The molecule has 126 valence electrons. The van der Waals surface area contributed by atoms with Crippen molar-refractivity contribution in [2.24, 2.45) is 5.92 Å². The van der Waals surface area contributed by atoms with Gasteiger partial charge in [-0.2, -0.15) is 0 Å². The Morgan fingerprint density at radius 2 is 2.14 bits per heavy atom. The van der Waals surface area contributed by atoms with Gasteiger partial charge in [0, 0.05) is 24.8 Å². The molecule has 22 heavy (non-hydrogen) atoms. The lowest BCUT2D eigenvalue weighted by Crippen LogP contribution is -2.50. The lowest BCUT2D eigenvalue weighted by molar-refractivity contribution is 0.0915. The van der Waals surface area contributed by atoms with E-state index in [-0.39, 0.29) is 42.8 Å². The third-order valence-corrected chi connectivity index (χ3v) is 3.62. The summed E-state index contributed by atoms with van der Waals surface area (Å²) >= 11 is 0. The summed E-state index contributed by atoms with van der Waals surface area (Å²) in [6.07, 6.45) is 2.79. The maximum Gasteiger partial charge on any atom is 0.255 e. The zero-order chi connectivity index (χ0) is 14.5. The summed E-state index contributed by atoms with van der Waals surface area (Å²) in [6, 6.07) is 4.03. The molecule has 5 nitrogen and oxygen atoms in total. The van der Waals surface area contributed by atoms with Crippen LogP contribution in [0.2, 0.25) is 0 Å². The average molecular weight is 349 g/mol. The molecule has 1 aliphatic heterocycles. The molecule has 2 unspecified atom stereocenters. The number of rotatable bonds is 4. The van der Waals surface area contributed by atoms with Crippen LogP contribution in [0, 0.1) is 5.92 Å². The molecule has 2 atom stereocenters. The van der Waals surface area contributed by atoms with Crippen LogP contribution in [-0.2, 0) is 0 Å². The second-order valence-electron chi connectivity index (χ2n) is 5.75. The Hall–Kier alpha value is -1.04. The van der Waals surface area contributed by atoms with E-state index < -0.39 is 0 Å². The van der Waals surface area contributed by atoms with Crippen LogP contribution in [0.1, 0.15) is 37.6 Å². The summed E-state index contributed by atoms with van der Waals surface area (Å²) in [5, 5.41) is 9.66. The summed E-state index contributed by atoms with van der Waals surface area (Å²) in [5.74, 6) is 1.09. The second kappa shape index (κ2) is 9.87. The summed E-state index contributed by atoms with van der Waals surface area (Å²) in [7, 11) is 0. The average Bonchev–Trinajstić information content (AvgIpc) is 2.41. The van der Waals surface area contributed by atoms with Gasteiger partial charge in [-0.3, -0.25) is 4.79 Å². The molecule has 0 bridgehead atoms. The predicted octanol–water partition coefficient (Wildman–Crippen LogP) is 2.47. The molecule has 1 saturated heterocycles. The van der Waals surface area contributed by atoms with Crippen molar-refractivity contribution in [3.63, 3.8) is 0 Å². The quantitative estimate of drug-likeness (QED) is 0.781. The van der Waals surface area contributed by atoms with Crippen LogP contribution in [0.5, 0.6) is 0 Å². The standard InChI is InChI=1S/C15H24N4O.2ClH/c1-10(2)18-14-12(5-4-7-17-14)15(20)19-13-9-16-8-6-11(13)3;;/h4-5,7,10-11,13,16H,6,8-9H2,1-3H3,(H,17,18)(H,19,20);2*1H. The molecule has 0 spiro atoms. The maximum absolute atomic E-state index is 12.4. The number of amides is 1. The Morgan fingerprint density at radius 1 is 1.41 bits per heavy atom. The van der Waals surface area contributed by atoms with Crippen LogP contribution >= 0.6 is 24.8 Å². The first-order valence-corrected chi connectivity index (χ1v) is 7.31. The van der Waals surface area contributed by atoms with E-state index in [2.05, 4.69) is 27.9 Å². The number of carbonyl (C=O) groups is 1. The third-order valence-electron chi connectivity index (χ3n) is 3.62. The van der Waals surface area contributed by atoms with Gasteiger partial charge in [-0.15, -0.1) is 24.8 Å². The van der Waals surface area contributed by atoms with Gasteiger partial charge in [0.25, 0.3) is 5.91 Å². The molecule has 0 radical (unpaired) electrons. The van der Waals surface area contributed by atoms with Gasteiger partial charge in [-0.05, 0) is 44.9 Å². The van der Waals surface area contributed by atoms with Crippen molar-refractivity contribution in [1.82, 2.24) is 15.6 Å². The summed E-state index contributed by atoms with van der Waals surface area (Å²) in [5.41, 5.74) is 0.610. The summed E-state index contributed by atoms with van der Waals surface area (Å²) in [6.45, 7) is 8.11. The highest BCUT2D eigenvalue weighted by Crippen LogP contribution is 2.15. The van der Waals surface area contributed by atoms with Crippen LogP contribution < -0.4 is 16.0 Å². The van der Waals surface area contributed by atoms with Crippen molar-refractivity contribution < 1.29 is 4.79 Å². The van der Waals surface area contributed by atoms with E-state index in [9.17, 15) is 4.79 Å². The largest absolute Gasteiger partial charge is 0.367 e. The summed E-state index contributed by atoms with van der Waals surface area (Å²) in [4.78, 5) is 16.7. The first-order valence-electron chi connectivity index (χ1n) is 7.31. The Labute approximate surface area is 144 Å².